The standard InChI is InChI=1S/C56H90O9/c1-7-9-11-13-15-17-19-20-21-22-23-24-25-26-27-29-31-33-35-37-46(57)61-41-53-50(62-53)47-49-52(42(3)4)40-44(6)56(47,45-39-43(5)48(58)55(45,60)51(53)59)65-54(63-49,64-52)38-36-34-32-30-28-18-16-14-12-10-8-2/h32,34,36,38-39,44-45,47,49-51,59-60H,3,7-31,33,35,37,40-41H2,1-2,4-6H3/b34-32+,38-36+/t44-,45-,47-,49-,50+,51-,52-,53+,54-,55-,56+/m1/s1. The molecule has 6 aliphatic rings. The fourth-order valence-corrected chi connectivity index (χ4v) is 12.6. The van der Waals surface area contributed by atoms with Gasteiger partial charge in [0, 0.05) is 24.3 Å². The molecule has 0 spiro atoms. The van der Waals surface area contributed by atoms with Gasteiger partial charge in [-0.1, -0.05) is 206 Å². The number of ether oxygens (including phenoxy) is 5. The number of fused-ring (bicyclic) bond motifs is 3. The van der Waals surface area contributed by atoms with E-state index in [4.69, 9.17) is 23.7 Å². The summed E-state index contributed by atoms with van der Waals surface area (Å²) < 4.78 is 33.4. The van der Waals surface area contributed by atoms with Crippen LogP contribution in [-0.4, -0.2) is 75.3 Å². The van der Waals surface area contributed by atoms with Gasteiger partial charge < -0.3 is 33.9 Å². The van der Waals surface area contributed by atoms with E-state index in [0.717, 1.165) is 37.7 Å². The number of aliphatic hydroxyl groups is 2. The van der Waals surface area contributed by atoms with Crippen LogP contribution in [0.5, 0.6) is 0 Å². The number of esters is 1. The summed E-state index contributed by atoms with van der Waals surface area (Å²) >= 11 is 0. The first-order chi connectivity index (χ1) is 31.4. The van der Waals surface area contributed by atoms with Gasteiger partial charge in [-0.25, -0.2) is 0 Å². The second-order valence-electron chi connectivity index (χ2n) is 21.4. The van der Waals surface area contributed by atoms with Crippen molar-refractivity contribution in [1.82, 2.24) is 0 Å². The summed E-state index contributed by atoms with van der Waals surface area (Å²) in [5.74, 6) is -4.34. The van der Waals surface area contributed by atoms with E-state index in [1.165, 1.54) is 141 Å². The molecule has 11 atom stereocenters. The molecule has 9 heteroatoms. The summed E-state index contributed by atoms with van der Waals surface area (Å²) in [5, 5.41) is 25.0. The number of rotatable bonds is 33. The van der Waals surface area contributed by atoms with Crippen LogP contribution in [0.1, 0.15) is 221 Å². The van der Waals surface area contributed by atoms with Crippen molar-refractivity contribution < 1.29 is 43.5 Å². The van der Waals surface area contributed by atoms with E-state index in [1.54, 1.807) is 19.1 Å². The highest BCUT2D eigenvalue weighted by Crippen LogP contribution is 2.72. The van der Waals surface area contributed by atoms with Gasteiger partial charge in [0.2, 0.25) is 0 Å². The van der Waals surface area contributed by atoms with Gasteiger partial charge in [-0.3, -0.25) is 9.59 Å². The molecular formula is C56H90O9. The molecular weight excluding hydrogens is 817 g/mol. The highest BCUT2D eigenvalue weighted by molar-refractivity contribution is 6.05. The molecule has 0 aromatic carbocycles. The van der Waals surface area contributed by atoms with Crippen molar-refractivity contribution in [3.05, 3.63) is 48.1 Å². The van der Waals surface area contributed by atoms with Crippen LogP contribution < -0.4 is 0 Å². The average molecular weight is 907 g/mol. The summed E-state index contributed by atoms with van der Waals surface area (Å²) in [5.41, 5.74) is -4.85. The smallest absolute Gasteiger partial charge is 0.306 e. The molecule has 65 heavy (non-hydrogen) atoms. The predicted octanol–water partition coefficient (Wildman–Crippen LogP) is 12.8. The van der Waals surface area contributed by atoms with Crippen molar-refractivity contribution in [2.75, 3.05) is 6.61 Å². The molecule has 0 aromatic rings. The Hall–Kier alpha value is -2.14. The molecule has 9 nitrogen and oxygen atoms in total. The zero-order valence-electron chi connectivity index (χ0n) is 41.5. The molecule has 0 radical (unpaired) electrons. The Labute approximate surface area is 393 Å². The van der Waals surface area contributed by atoms with Gasteiger partial charge in [-0.05, 0) is 56.6 Å². The fourth-order valence-electron chi connectivity index (χ4n) is 12.6. The molecule has 3 bridgehead atoms. The van der Waals surface area contributed by atoms with Crippen LogP contribution >= 0.6 is 0 Å². The van der Waals surface area contributed by atoms with Crippen LogP contribution in [0.2, 0.25) is 0 Å². The van der Waals surface area contributed by atoms with Crippen LogP contribution in [0.25, 0.3) is 0 Å². The Balaban J connectivity index is 0.995. The van der Waals surface area contributed by atoms with Crippen LogP contribution in [-0.2, 0) is 33.3 Å². The van der Waals surface area contributed by atoms with Crippen molar-refractivity contribution in [2.45, 2.75) is 268 Å². The molecule has 368 valence electrons. The first kappa shape index (κ1) is 52.2. The van der Waals surface area contributed by atoms with Gasteiger partial charge in [0.25, 0.3) is 0 Å². The molecule has 0 unspecified atom stereocenters. The van der Waals surface area contributed by atoms with Crippen LogP contribution in [0.15, 0.2) is 48.1 Å². The zero-order valence-corrected chi connectivity index (χ0v) is 41.5. The van der Waals surface area contributed by atoms with Gasteiger partial charge in [-0.15, -0.1) is 0 Å². The van der Waals surface area contributed by atoms with Crippen molar-refractivity contribution in [2.24, 2.45) is 17.8 Å². The molecule has 5 fully saturated rings. The number of hydrogen-bond acceptors (Lipinski definition) is 9. The SMILES string of the molecule is C=C(C)[C@]12C[C@@H](C)[C@@]34O[C@](/C=C/C=C/CCCCCCCCC)(O[C@@H]1[C@@H]3[C@@H]1O[C@]1(COC(=O)CCCCCCCCCCCCCCCCCCCCC)[C@@H](O)[C@]1(O)C(=O)C(C)=C[C@H]14)O2. The molecule has 6 rings (SSSR count). The third kappa shape index (κ3) is 11.3. The lowest BCUT2D eigenvalue weighted by atomic mass is 9.54. The molecule has 3 heterocycles. The van der Waals surface area contributed by atoms with Gasteiger partial charge in [0.15, 0.2) is 17.0 Å². The van der Waals surface area contributed by atoms with Crippen molar-refractivity contribution in [1.29, 1.82) is 0 Å². The van der Waals surface area contributed by atoms with Crippen molar-refractivity contribution in [3.8, 4) is 0 Å². The average Bonchev–Trinajstić information content (AvgIpc) is 3.91. The summed E-state index contributed by atoms with van der Waals surface area (Å²) in [6.45, 7) is 14.3. The minimum Gasteiger partial charge on any atom is -0.462 e. The second-order valence-corrected chi connectivity index (χ2v) is 21.4. The van der Waals surface area contributed by atoms with Gasteiger partial charge in [-0.2, -0.15) is 0 Å². The number of carbonyl (C=O) groups excluding carboxylic acids is 2. The highest BCUT2D eigenvalue weighted by atomic mass is 16.9. The number of allylic oxidation sites excluding steroid dienone is 3. The molecule has 3 saturated heterocycles. The van der Waals surface area contributed by atoms with E-state index < -0.39 is 64.3 Å². The van der Waals surface area contributed by atoms with E-state index >= 15 is 0 Å². The summed E-state index contributed by atoms with van der Waals surface area (Å²) in [6.07, 6.45) is 41.5. The molecule has 3 aliphatic carbocycles. The fraction of sp³-hybridized carbons (Fsp3) is 0.821. The Kier molecular flexibility index (Phi) is 19.2. The van der Waals surface area contributed by atoms with E-state index in [-0.39, 0.29) is 24.9 Å². The van der Waals surface area contributed by atoms with E-state index in [1.807, 2.05) is 19.1 Å². The van der Waals surface area contributed by atoms with Crippen molar-refractivity contribution in [3.63, 3.8) is 0 Å². The molecule has 2 N–H and O–H groups in total. The molecule has 2 saturated carbocycles. The number of epoxide rings is 1. The first-order valence-corrected chi connectivity index (χ1v) is 26.9. The predicted molar refractivity (Wildman–Crippen MR) is 258 cm³/mol. The molecule has 0 amide bonds. The van der Waals surface area contributed by atoms with E-state index in [0.29, 0.717) is 12.0 Å². The maximum Gasteiger partial charge on any atom is 0.306 e. The maximum absolute atomic E-state index is 14.1. The molecule has 0 aromatic heterocycles. The minimum absolute atomic E-state index is 0.260. The summed E-state index contributed by atoms with van der Waals surface area (Å²) in [7, 11) is 0. The van der Waals surface area contributed by atoms with Crippen LogP contribution in [0.4, 0.5) is 0 Å². The second kappa shape index (κ2) is 23.9. The summed E-state index contributed by atoms with van der Waals surface area (Å²) in [4.78, 5) is 27.4. The number of carbonyl (C=O) groups is 2. The minimum atomic E-state index is -2.28. The van der Waals surface area contributed by atoms with Gasteiger partial charge in [0.1, 0.15) is 30.5 Å². The third-order valence-corrected chi connectivity index (χ3v) is 16.4. The lowest BCUT2D eigenvalue weighted by Gasteiger charge is -2.59. The third-order valence-electron chi connectivity index (χ3n) is 16.4. The monoisotopic (exact) mass is 907 g/mol. The Morgan fingerprint density at radius 2 is 1.29 bits per heavy atom. The largest absolute Gasteiger partial charge is 0.462 e. The topological polar surface area (TPSA) is 124 Å². The van der Waals surface area contributed by atoms with Crippen LogP contribution in [0, 0.1) is 17.8 Å². The highest BCUT2D eigenvalue weighted by Gasteiger charge is 2.88. The van der Waals surface area contributed by atoms with Gasteiger partial charge in [0.05, 0.1) is 5.60 Å². The van der Waals surface area contributed by atoms with E-state index in [2.05, 4.69) is 33.4 Å². The van der Waals surface area contributed by atoms with E-state index in [9.17, 15) is 19.8 Å². The zero-order chi connectivity index (χ0) is 46.6. The Morgan fingerprint density at radius 3 is 1.83 bits per heavy atom. The first-order valence-electron chi connectivity index (χ1n) is 26.9. The van der Waals surface area contributed by atoms with Crippen molar-refractivity contribution >= 4 is 11.8 Å². The number of hydrogen-bond donors (Lipinski definition) is 2. The number of Topliss-reactive ketones (excluding diaryl/α,β-unsaturated/α-hetero) is 1. The normalized spacial score (nSPS) is 35.4. The lowest BCUT2D eigenvalue weighted by Crippen LogP contribution is -2.72. The quantitative estimate of drug-likeness (QED) is 0.0218. The number of aliphatic hydroxyl groups excluding tert-OH is 1. The summed E-state index contributed by atoms with van der Waals surface area (Å²) in [6, 6.07) is 0. The lowest BCUT2D eigenvalue weighted by molar-refractivity contribution is -0.406. The van der Waals surface area contributed by atoms with Gasteiger partial charge >= 0.3 is 11.9 Å². The number of ketones is 1. The Morgan fingerprint density at radius 1 is 0.769 bits per heavy atom. The molecule has 3 aliphatic heterocycles. The maximum atomic E-state index is 14.1. The van der Waals surface area contributed by atoms with Crippen LogP contribution in [0.3, 0.4) is 0 Å². The number of unbranched alkanes of at least 4 members (excludes halogenated alkanes) is 25. The Bertz CT molecular complexity index is 1650.